The lowest BCUT2D eigenvalue weighted by Crippen LogP contribution is -2.51. The number of rotatable bonds is 7. The van der Waals surface area contributed by atoms with E-state index in [2.05, 4.69) is 0 Å². The molecule has 42 heavy (non-hydrogen) atoms. The van der Waals surface area contributed by atoms with Crippen molar-refractivity contribution in [3.63, 3.8) is 0 Å². The number of hydrogen-bond donors (Lipinski definition) is 0. The maximum Gasteiger partial charge on any atom is 0.308 e. The van der Waals surface area contributed by atoms with Gasteiger partial charge in [-0.25, -0.2) is 0 Å². The Balaban J connectivity index is 1.96. The minimum Gasteiger partial charge on any atom is -0.483 e. The normalized spacial score (nSPS) is 19.5. The molecule has 0 fully saturated rings. The number of carbonyl (C=O) groups is 4. The highest BCUT2D eigenvalue weighted by Gasteiger charge is 2.51. The van der Waals surface area contributed by atoms with Gasteiger partial charge in [-0.05, 0) is 63.6 Å². The van der Waals surface area contributed by atoms with Gasteiger partial charge >= 0.3 is 17.9 Å². The molecule has 2 aromatic carbocycles. The van der Waals surface area contributed by atoms with Gasteiger partial charge in [-0.15, -0.1) is 0 Å². The van der Waals surface area contributed by atoms with Crippen LogP contribution in [0.1, 0.15) is 81.6 Å². The summed E-state index contributed by atoms with van der Waals surface area (Å²) in [5.41, 5.74) is -0.658. The SMILES string of the molecule is COC1[C@@H](OC(C)=O)c2c3c(c(OC(C)=O)c(C(=O)/C=C/c4ccc(OC(C)=O)cc4)c2OC1(C)C)C=CC(C)(C)O3. The predicted molar refractivity (Wildman–Crippen MR) is 153 cm³/mol. The number of fused-ring (bicyclic) bond motifs is 3. The summed E-state index contributed by atoms with van der Waals surface area (Å²) < 4.78 is 35.0. The van der Waals surface area contributed by atoms with Gasteiger partial charge in [-0.3, -0.25) is 19.2 Å². The first kappa shape index (κ1) is 30.5. The van der Waals surface area contributed by atoms with Crippen molar-refractivity contribution in [3.8, 4) is 23.0 Å². The maximum absolute atomic E-state index is 14.0. The molecule has 0 amide bonds. The number of allylic oxidation sites excluding steroid dienone is 1. The topological polar surface area (TPSA) is 124 Å². The van der Waals surface area contributed by atoms with Crippen LogP contribution in [0.3, 0.4) is 0 Å². The van der Waals surface area contributed by atoms with E-state index < -0.39 is 47.1 Å². The molecule has 0 aromatic heterocycles. The Labute approximate surface area is 244 Å². The van der Waals surface area contributed by atoms with E-state index in [0.29, 0.717) is 22.4 Å². The van der Waals surface area contributed by atoms with Gasteiger partial charge < -0.3 is 28.4 Å². The fourth-order valence-corrected chi connectivity index (χ4v) is 5.02. The van der Waals surface area contributed by atoms with Crippen molar-refractivity contribution in [1.29, 1.82) is 0 Å². The van der Waals surface area contributed by atoms with Gasteiger partial charge in [0.2, 0.25) is 0 Å². The second-order valence-corrected chi connectivity index (χ2v) is 11.1. The maximum atomic E-state index is 14.0. The first-order valence-electron chi connectivity index (χ1n) is 13.3. The predicted octanol–water partition coefficient (Wildman–Crippen LogP) is 5.41. The highest BCUT2D eigenvalue weighted by atomic mass is 16.6. The second kappa shape index (κ2) is 11.4. The molecule has 10 nitrogen and oxygen atoms in total. The lowest BCUT2D eigenvalue weighted by atomic mass is 9.83. The number of ether oxygens (including phenoxy) is 6. The molecule has 2 atom stereocenters. The molecule has 0 radical (unpaired) electrons. The van der Waals surface area contributed by atoms with Crippen LogP contribution in [0.25, 0.3) is 12.2 Å². The van der Waals surface area contributed by atoms with Crippen LogP contribution in [0.2, 0.25) is 0 Å². The molecule has 4 rings (SSSR count). The Morgan fingerprint density at radius 2 is 1.50 bits per heavy atom. The quantitative estimate of drug-likeness (QED) is 0.182. The zero-order valence-corrected chi connectivity index (χ0v) is 24.9. The van der Waals surface area contributed by atoms with Crippen molar-refractivity contribution in [3.05, 3.63) is 58.7 Å². The van der Waals surface area contributed by atoms with Crippen LogP contribution in [0.5, 0.6) is 23.0 Å². The monoisotopic (exact) mass is 578 g/mol. The van der Waals surface area contributed by atoms with Crippen molar-refractivity contribution in [2.45, 2.75) is 71.9 Å². The summed E-state index contributed by atoms with van der Waals surface area (Å²) in [4.78, 5) is 49.8. The highest BCUT2D eigenvalue weighted by molar-refractivity contribution is 6.12. The molecule has 2 heterocycles. The molecule has 0 N–H and O–H groups in total. The minimum absolute atomic E-state index is 0.0422. The van der Waals surface area contributed by atoms with E-state index in [0.717, 1.165) is 0 Å². The highest BCUT2D eigenvalue weighted by Crippen LogP contribution is 2.56. The van der Waals surface area contributed by atoms with Crippen LogP contribution < -0.4 is 18.9 Å². The summed E-state index contributed by atoms with van der Waals surface area (Å²) in [6.45, 7) is 11.0. The molecule has 1 unspecified atom stereocenters. The van der Waals surface area contributed by atoms with Crippen molar-refractivity contribution in [2.24, 2.45) is 0 Å². The Morgan fingerprint density at radius 1 is 0.857 bits per heavy atom. The van der Waals surface area contributed by atoms with Gasteiger partial charge in [0, 0.05) is 27.9 Å². The molecule has 10 heteroatoms. The Hall–Kier alpha value is -4.44. The van der Waals surface area contributed by atoms with Gasteiger partial charge in [0.05, 0.1) is 11.1 Å². The molecule has 0 spiro atoms. The first-order valence-corrected chi connectivity index (χ1v) is 13.3. The van der Waals surface area contributed by atoms with Crippen LogP contribution in [-0.2, 0) is 23.9 Å². The third-order valence-corrected chi connectivity index (χ3v) is 6.67. The standard InChI is InChI=1S/C32H34O10/c1-17(33)38-21-12-9-20(10-13-21)11-14-23(36)24-26(39-18(2)34)22-15-16-31(4,5)41-27(22)25-28(24)42-32(6,7)30(37-8)29(25)40-19(3)35/h9-16,29-30H,1-8H3/b14-11+/t29-,30?/m0/s1. The van der Waals surface area contributed by atoms with Crippen LogP contribution in [-0.4, -0.2) is 48.1 Å². The lowest BCUT2D eigenvalue weighted by molar-refractivity contribution is -0.173. The number of benzene rings is 2. The zero-order valence-electron chi connectivity index (χ0n) is 24.9. The van der Waals surface area contributed by atoms with E-state index in [1.165, 1.54) is 34.0 Å². The summed E-state index contributed by atoms with van der Waals surface area (Å²) in [6.07, 6.45) is 4.56. The van der Waals surface area contributed by atoms with Gasteiger partial charge in [-0.1, -0.05) is 18.2 Å². The van der Waals surface area contributed by atoms with Crippen LogP contribution in [0, 0.1) is 0 Å². The fourth-order valence-electron chi connectivity index (χ4n) is 5.02. The van der Waals surface area contributed by atoms with Crippen LogP contribution in [0.4, 0.5) is 0 Å². The average molecular weight is 579 g/mol. The summed E-state index contributed by atoms with van der Waals surface area (Å²) in [6, 6.07) is 6.55. The van der Waals surface area contributed by atoms with Gasteiger partial charge in [-0.2, -0.15) is 0 Å². The zero-order chi connectivity index (χ0) is 31.0. The molecule has 0 aliphatic carbocycles. The molecule has 0 bridgehead atoms. The first-order chi connectivity index (χ1) is 19.6. The van der Waals surface area contributed by atoms with Crippen molar-refractivity contribution < 1.29 is 47.6 Å². The average Bonchev–Trinajstić information content (AvgIpc) is 2.86. The van der Waals surface area contributed by atoms with E-state index in [1.807, 2.05) is 13.8 Å². The number of carbonyl (C=O) groups excluding carboxylic acids is 4. The smallest absolute Gasteiger partial charge is 0.308 e. The van der Waals surface area contributed by atoms with E-state index in [9.17, 15) is 19.2 Å². The summed E-state index contributed by atoms with van der Waals surface area (Å²) in [7, 11) is 1.48. The minimum atomic E-state index is -1.09. The summed E-state index contributed by atoms with van der Waals surface area (Å²) >= 11 is 0. The molecule has 2 aromatic rings. The number of esters is 3. The molecule has 2 aliphatic rings. The van der Waals surface area contributed by atoms with E-state index in [4.69, 9.17) is 28.4 Å². The summed E-state index contributed by atoms with van der Waals surface area (Å²) in [5, 5.41) is 0. The Morgan fingerprint density at radius 3 is 2.07 bits per heavy atom. The van der Waals surface area contributed by atoms with Crippen LogP contribution in [0.15, 0.2) is 36.4 Å². The van der Waals surface area contributed by atoms with E-state index in [-0.39, 0.29) is 22.8 Å². The lowest BCUT2D eigenvalue weighted by Gasteiger charge is -2.45. The van der Waals surface area contributed by atoms with Gasteiger partial charge in [0.1, 0.15) is 40.1 Å². The van der Waals surface area contributed by atoms with Gasteiger partial charge in [0.15, 0.2) is 17.6 Å². The number of ketones is 1. The third kappa shape index (κ3) is 6.23. The van der Waals surface area contributed by atoms with Crippen LogP contribution >= 0.6 is 0 Å². The molecule has 0 saturated heterocycles. The van der Waals surface area contributed by atoms with Crippen molar-refractivity contribution in [2.75, 3.05) is 7.11 Å². The van der Waals surface area contributed by atoms with E-state index in [1.54, 1.807) is 56.3 Å². The molecule has 2 aliphatic heterocycles. The Bertz CT molecular complexity index is 1490. The van der Waals surface area contributed by atoms with Crippen molar-refractivity contribution in [1.82, 2.24) is 0 Å². The largest absolute Gasteiger partial charge is 0.483 e. The van der Waals surface area contributed by atoms with Crippen molar-refractivity contribution >= 4 is 35.8 Å². The molecule has 0 saturated carbocycles. The second-order valence-electron chi connectivity index (χ2n) is 11.1. The Kier molecular flexibility index (Phi) is 8.31. The fraction of sp³-hybridized carbons (Fsp3) is 0.375. The number of methoxy groups -OCH3 is 1. The molecular weight excluding hydrogens is 544 g/mol. The summed E-state index contributed by atoms with van der Waals surface area (Å²) in [5.74, 6) is -1.59. The molecular formula is C32H34O10. The molecule has 222 valence electrons. The number of hydrogen-bond acceptors (Lipinski definition) is 10. The van der Waals surface area contributed by atoms with E-state index >= 15 is 0 Å². The third-order valence-electron chi connectivity index (χ3n) is 6.67. The van der Waals surface area contributed by atoms with Gasteiger partial charge in [0.25, 0.3) is 0 Å².